The normalized spacial score (nSPS) is 33.9. The summed E-state index contributed by atoms with van der Waals surface area (Å²) in [5.41, 5.74) is 1.58. The van der Waals surface area contributed by atoms with E-state index < -0.39 is 21.9 Å². The number of allylic oxidation sites excluding steroid dienone is 1. The number of para-hydroxylation sites is 1. The fourth-order valence-corrected chi connectivity index (χ4v) is 7.77. The molecule has 2 aliphatic heterocycles. The minimum Gasteiger partial charge on any atom is -0.274 e. The second-order valence-corrected chi connectivity index (χ2v) is 10.9. The van der Waals surface area contributed by atoms with Crippen LogP contribution < -0.4 is 4.90 Å². The van der Waals surface area contributed by atoms with Crippen LogP contribution >= 0.6 is 0 Å². The van der Waals surface area contributed by atoms with Gasteiger partial charge in [0.25, 0.3) is 0 Å². The molecule has 0 spiro atoms. The maximum absolute atomic E-state index is 13.4. The molecule has 31 heavy (non-hydrogen) atoms. The van der Waals surface area contributed by atoms with Crippen molar-refractivity contribution >= 4 is 27.5 Å². The van der Waals surface area contributed by atoms with Crippen LogP contribution in [0.25, 0.3) is 0 Å². The van der Waals surface area contributed by atoms with Gasteiger partial charge < -0.3 is 0 Å². The van der Waals surface area contributed by atoms with Gasteiger partial charge in [-0.05, 0) is 43.0 Å². The predicted molar refractivity (Wildman–Crippen MR) is 114 cm³/mol. The van der Waals surface area contributed by atoms with Gasteiger partial charge in [-0.3, -0.25) is 14.5 Å². The molecule has 0 unspecified atom stereocenters. The number of benzene rings is 2. The molecule has 0 N–H and O–H groups in total. The molecule has 158 valence electrons. The Morgan fingerprint density at radius 2 is 1.45 bits per heavy atom. The first-order valence-corrected chi connectivity index (χ1v) is 12.0. The maximum Gasteiger partial charge on any atom is 0.243 e. The lowest BCUT2D eigenvalue weighted by Gasteiger charge is -2.60. The first-order valence-electron chi connectivity index (χ1n) is 10.6. The molecule has 3 fully saturated rings. The standard InChI is InChI=1S/C24H22N2O4S/c1-14-7-9-16(10-8-14)31(29,30)25-13-19-17-11-12-18(22(19)25)21-20(17)23(27)26(24(21)28)15-5-3-2-4-6-15/h2-12,17-22H,13H2,1H3/t17-,18+,19-,20+,21+,22-/m1/s1. The Labute approximate surface area is 181 Å². The van der Waals surface area contributed by atoms with Crippen molar-refractivity contribution in [3.8, 4) is 0 Å². The summed E-state index contributed by atoms with van der Waals surface area (Å²) in [6.45, 7) is 2.31. The number of nitrogens with zero attached hydrogens (tertiary/aromatic N) is 2. The lowest BCUT2D eigenvalue weighted by Crippen LogP contribution is -2.70. The molecule has 3 aliphatic carbocycles. The van der Waals surface area contributed by atoms with Crippen molar-refractivity contribution in [3.05, 3.63) is 72.3 Å². The highest BCUT2D eigenvalue weighted by Crippen LogP contribution is 2.58. The van der Waals surface area contributed by atoms with Gasteiger partial charge in [0.15, 0.2) is 0 Å². The van der Waals surface area contributed by atoms with Gasteiger partial charge in [-0.1, -0.05) is 48.0 Å². The lowest BCUT2D eigenvalue weighted by atomic mass is 9.53. The second-order valence-electron chi connectivity index (χ2n) is 8.98. The van der Waals surface area contributed by atoms with E-state index in [0.29, 0.717) is 12.2 Å². The topological polar surface area (TPSA) is 74.8 Å². The van der Waals surface area contributed by atoms with Crippen molar-refractivity contribution in [2.75, 3.05) is 11.4 Å². The average molecular weight is 435 g/mol. The van der Waals surface area contributed by atoms with Crippen molar-refractivity contribution in [2.24, 2.45) is 29.6 Å². The number of hydrogen-bond donors (Lipinski definition) is 0. The predicted octanol–water partition coefficient (Wildman–Crippen LogP) is 2.61. The van der Waals surface area contributed by atoms with Crippen LogP contribution in [0.3, 0.4) is 0 Å². The minimum atomic E-state index is -3.65. The molecular weight excluding hydrogens is 412 g/mol. The molecule has 2 heterocycles. The molecule has 6 atom stereocenters. The molecule has 2 saturated heterocycles. The zero-order chi connectivity index (χ0) is 21.5. The Morgan fingerprint density at radius 1 is 0.839 bits per heavy atom. The van der Waals surface area contributed by atoms with Gasteiger partial charge in [-0.2, -0.15) is 4.31 Å². The summed E-state index contributed by atoms with van der Waals surface area (Å²) >= 11 is 0. The number of carbonyl (C=O) groups is 2. The Kier molecular flexibility index (Phi) is 3.90. The molecule has 2 amide bonds. The van der Waals surface area contributed by atoms with Crippen LogP contribution in [0, 0.1) is 36.5 Å². The molecule has 7 rings (SSSR count). The number of anilines is 1. The monoisotopic (exact) mass is 434 g/mol. The van der Waals surface area contributed by atoms with Gasteiger partial charge in [0.2, 0.25) is 21.8 Å². The molecule has 2 bridgehead atoms. The van der Waals surface area contributed by atoms with E-state index in [1.165, 1.54) is 4.90 Å². The number of amides is 2. The van der Waals surface area contributed by atoms with Crippen molar-refractivity contribution in [1.82, 2.24) is 4.31 Å². The van der Waals surface area contributed by atoms with E-state index in [9.17, 15) is 18.0 Å². The first kappa shape index (κ1) is 19.0. The van der Waals surface area contributed by atoms with E-state index in [1.807, 2.05) is 37.3 Å². The minimum absolute atomic E-state index is 0.0731. The van der Waals surface area contributed by atoms with Crippen LogP contribution in [-0.4, -0.2) is 37.1 Å². The van der Waals surface area contributed by atoms with E-state index in [2.05, 4.69) is 0 Å². The molecule has 7 heteroatoms. The lowest BCUT2D eigenvalue weighted by molar-refractivity contribution is -0.135. The molecule has 5 aliphatic rings. The first-order chi connectivity index (χ1) is 14.9. The highest BCUT2D eigenvalue weighted by Gasteiger charge is 2.68. The third-order valence-electron chi connectivity index (χ3n) is 7.48. The van der Waals surface area contributed by atoms with E-state index >= 15 is 0 Å². The van der Waals surface area contributed by atoms with Crippen LogP contribution in [-0.2, 0) is 19.6 Å². The summed E-state index contributed by atoms with van der Waals surface area (Å²) in [4.78, 5) is 28.3. The van der Waals surface area contributed by atoms with Crippen LogP contribution in [0.4, 0.5) is 5.69 Å². The van der Waals surface area contributed by atoms with Gasteiger partial charge in [0, 0.05) is 18.5 Å². The number of carbonyl (C=O) groups excluding carboxylic acids is 2. The van der Waals surface area contributed by atoms with Crippen molar-refractivity contribution in [1.29, 1.82) is 0 Å². The zero-order valence-electron chi connectivity index (χ0n) is 17.0. The van der Waals surface area contributed by atoms with Gasteiger partial charge in [-0.15, -0.1) is 0 Å². The molecule has 6 nitrogen and oxygen atoms in total. The van der Waals surface area contributed by atoms with Crippen molar-refractivity contribution < 1.29 is 18.0 Å². The largest absolute Gasteiger partial charge is 0.274 e. The van der Waals surface area contributed by atoms with Crippen LogP contribution in [0.15, 0.2) is 71.6 Å². The van der Waals surface area contributed by atoms with E-state index in [-0.39, 0.29) is 40.5 Å². The molecule has 2 aromatic rings. The Bertz CT molecular complexity index is 1220. The molecule has 1 saturated carbocycles. The Balaban J connectivity index is 1.35. The smallest absolute Gasteiger partial charge is 0.243 e. The quantitative estimate of drug-likeness (QED) is 0.550. The van der Waals surface area contributed by atoms with Crippen LogP contribution in [0.2, 0.25) is 0 Å². The van der Waals surface area contributed by atoms with Crippen molar-refractivity contribution in [2.45, 2.75) is 17.9 Å². The maximum atomic E-state index is 13.4. The van der Waals surface area contributed by atoms with Crippen LogP contribution in [0.5, 0.6) is 0 Å². The molecule has 2 aromatic carbocycles. The molecular formula is C24H22N2O4S. The SMILES string of the molecule is Cc1ccc(S(=O)(=O)N2C[C@@H]3[C@H]4C=C[C@@H]([C@@H]5C(=O)N(c6ccccc6)C(=O)[C@@H]45)[C@H]32)cc1. The Morgan fingerprint density at radius 3 is 2.13 bits per heavy atom. The number of imide groups is 1. The number of sulfonamides is 1. The number of rotatable bonds is 3. The fraction of sp³-hybridized carbons (Fsp3) is 0.333. The van der Waals surface area contributed by atoms with E-state index in [0.717, 1.165) is 5.56 Å². The summed E-state index contributed by atoms with van der Waals surface area (Å²) in [5, 5.41) is 0. The zero-order valence-corrected chi connectivity index (χ0v) is 17.8. The average Bonchev–Trinajstić information content (AvgIpc) is 3.01. The Hall–Kier alpha value is -2.77. The summed E-state index contributed by atoms with van der Waals surface area (Å²) in [6.07, 6.45) is 4.02. The summed E-state index contributed by atoms with van der Waals surface area (Å²) in [6, 6.07) is 15.6. The molecule has 0 radical (unpaired) electrons. The number of aryl methyl sites for hydroxylation is 1. The van der Waals surface area contributed by atoms with Gasteiger partial charge in [0.05, 0.1) is 22.4 Å². The summed E-state index contributed by atoms with van der Waals surface area (Å²) in [5.74, 6) is -1.57. The summed E-state index contributed by atoms with van der Waals surface area (Å²) in [7, 11) is -3.65. The van der Waals surface area contributed by atoms with Crippen molar-refractivity contribution in [3.63, 3.8) is 0 Å². The fourth-order valence-electron chi connectivity index (χ4n) is 6.03. The highest BCUT2D eigenvalue weighted by atomic mass is 32.2. The summed E-state index contributed by atoms with van der Waals surface area (Å²) < 4.78 is 28.2. The van der Waals surface area contributed by atoms with Crippen LogP contribution in [0.1, 0.15) is 5.56 Å². The second kappa shape index (κ2) is 6.37. The van der Waals surface area contributed by atoms with Gasteiger partial charge >= 0.3 is 0 Å². The van der Waals surface area contributed by atoms with Gasteiger partial charge in [-0.25, -0.2) is 8.42 Å². The van der Waals surface area contributed by atoms with Gasteiger partial charge in [0.1, 0.15) is 0 Å². The van der Waals surface area contributed by atoms with E-state index in [1.54, 1.807) is 40.7 Å². The molecule has 0 aromatic heterocycles. The number of hydrogen-bond acceptors (Lipinski definition) is 4. The highest BCUT2D eigenvalue weighted by molar-refractivity contribution is 7.89. The third kappa shape index (κ3) is 2.44. The third-order valence-corrected chi connectivity index (χ3v) is 9.35. The van der Waals surface area contributed by atoms with E-state index in [4.69, 9.17) is 0 Å².